The largest absolute Gasteiger partial charge is 0.495 e. The minimum atomic E-state index is -0.915. The second-order valence-electron chi connectivity index (χ2n) is 9.56. The molecule has 2 fully saturated rings. The van der Waals surface area contributed by atoms with Crippen LogP contribution in [0.15, 0.2) is 54.7 Å². The molecule has 3 heterocycles. The van der Waals surface area contributed by atoms with Crippen molar-refractivity contribution in [3.8, 4) is 11.4 Å². The fourth-order valence-corrected chi connectivity index (χ4v) is 5.14. The molecule has 8 heteroatoms. The van der Waals surface area contributed by atoms with E-state index in [1.807, 2.05) is 49.7 Å². The van der Waals surface area contributed by atoms with Crippen LogP contribution in [-0.2, 0) is 9.53 Å². The van der Waals surface area contributed by atoms with Gasteiger partial charge in [-0.25, -0.2) is 13.8 Å². The van der Waals surface area contributed by atoms with Gasteiger partial charge in [-0.15, -0.1) is 0 Å². The molecule has 2 atom stereocenters. The van der Waals surface area contributed by atoms with Crippen LogP contribution in [0.5, 0.6) is 5.75 Å². The zero-order valence-electron chi connectivity index (χ0n) is 20.1. The van der Waals surface area contributed by atoms with E-state index in [-0.39, 0.29) is 23.8 Å². The van der Waals surface area contributed by atoms with Gasteiger partial charge in [0.15, 0.2) is 17.4 Å². The van der Waals surface area contributed by atoms with E-state index in [9.17, 15) is 13.6 Å². The first-order valence-electron chi connectivity index (χ1n) is 11.6. The molecular formula is C27H27F2N3O3. The molecule has 1 amide bonds. The van der Waals surface area contributed by atoms with Crippen molar-refractivity contribution in [1.29, 1.82) is 0 Å². The number of nitrogens with zero attached hydrogens (tertiary/aromatic N) is 3. The molecule has 0 N–H and O–H groups in total. The number of hydrogen-bond donors (Lipinski definition) is 0. The Morgan fingerprint density at radius 2 is 1.94 bits per heavy atom. The van der Waals surface area contributed by atoms with Gasteiger partial charge in [-0.1, -0.05) is 12.1 Å². The number of methoxy groups -OCH3 is 1. The van der Waals surface area contributed by atoms with Crippen molar-refractivity contribution in [3.05, 3.63) is 83.1 Å². The molecule has 3 aromatic rings. The molecule has 35 heavy (non-hydrogen) atoms. The number of aryl methyl sites for hydroxylation is 1. The van der Waals surface area contributed by atoms with Gasteiger partial charge in [-0.2, -0.15) is 0 Å². The molecule has 2 aliphatic heterocycles. The Bertz CT molecular complexity index is 1330. The Balaban J connectivity index is 1.50. The Morgan fingerprint density at radius 3 is 2.63 bits per heavy atom. The molecule has 0 spiro atoms. The third-order valence-corrected chi connectivity index (χ3v) is 6.83. The summed E-state index contributed by atoms with van der Waals surface area (Å²) in [5.41, 5.74) is 2.38. The van der Waals surface area contributed by atoms with E-state index >= 15 is 0 Å². The van der Waals surface area contributed by atoms with Gasteiger partial charge in [0, 0.05) is 6.20 Å². The second-order valence-corrected chi connectivity index (χ2v) is 9.56. The van der Waals surface area contributed by atoms with Gasteiger partial charge >= 0.3 is 0 Å². The zero-order valence-corrected chi connectivity index (χ0v) is 20.1. The Labute approximate surface area is 202 Å². The number of ether oxygens (including phenoxy) is 2. The molecule has 2 aromatic carbocycles. The summed E-state index contributed by atoms with van der Waals surface area (Å²) >= 11 is 0. The summed E-state index contributed by atoms with van der Waals surface area (Å²) < 4.78 is 41.2. The molecule has 6 nitrogen and oxygen atoms in total. The SMILES string of the molecule is COc1cc(/C=C2\OC(C)(C)[C@H]3CC[C@@H](c4ccc(F)c(F)c4)N3C2=O)ccc1-n1cnc(C)c1. The number of halogens is 2. The maximum Gasteiger partial charge on any atom is 0.289 e. The standard InChI is InChI=1S/C27H27F2N3O3/c1-16-14-31(15-30-16)22-8-5-17(11-23(22)34-4)12-24-26(33)32-21(9-10-25(32)27(2,3)35-24)18-6-7-19(28)20(29)13-18/h5-8,11-15,21,25H,9-10H2,1-4H3/b24-12-/t21-,25+/m0/s1. The molecular weight excluding hydrogens is 452 g/mol. The average Bonchev–Trinajstić information content (AvgIpc) is 3.46. The number of hydrogen-bond acceptors (Lipinski definition) is 4. The second kappa shape index (κ2) is 8.52. The average molecular weight is 480 g/mol. The number of rotatable bonds is 4. The van der Waals surface area contributed by atoms with Crippen LogP contribution in [0, 0.1) is 18.6 Å². The molecule has 0 bridgehead atoms. The summed E-state index contributed by atoms with van der Waals surface area (Å²) in [7, 11) is 1.59. The monoisotopic (exact) mass is 479 g/mol. The molecule has 1 aromatic heterocycles. The van der Waals surface area contributed by atoms with Crippen molar-refractivity contribution in [2.75, 3.05) is 7.11 Å². The van der Waals surface area contributed by atoms with Crippen molar-refractivity contribution in [2.24, 2.45) is 0 Å². The number of benzene rings is 2. The zero-order chi connectivity index (χ0) is 24.9. The van der Waals surface area contributed by atoms with Crippen molar-refractivity contribution >= 4 is 12.0 Å². The summed E-state index contributed by atoms with van der Waals surface area (Å²) in [6, 6.07) is 8.93. The van der Waals surface area contributed by atoms with Crippen LogP contribution >= 0.6 is 0 Å². The molecule has 2 saturated heterocycles. The summed E-state index contributed by atoms with van der Waals surface area (Å²) in [6.07, 6.45) is 6.68. The predicted molar refractivity (Wildman–Crippen MR) is 127 cm³/mol. The van der Waals surface area contributed by atoms with Crippen LogP contribution < -0.4 is 4.74 Å². The predicted octanol–water partition coefficient (Wildman–Crippen LogP) is 5.35. The normalized spacial score (nSPS) is 22.3. The highest BCUT2D eigenvalue weighted by atomic mass is 19.2. The number of carbonyl (C=O) groups excluding carboxylic acids is 1. The molecule has 0 saturated carbocycles. The van der Waals surface area contributed by atoms with E-state index < -0.39 is 17.2 Å². The number of fused-ring (bicyclic) bond motifs is 1. The van der Waals surface area contributed by atoms with Crippen molar-refractivity contribution in [3.63, 3.8) is 0 Å². The third-order valence-electron chi connectivity index (χ3n) is 6.83. The van der Waals surface area contributed by atoms with Gasteiger partial charge in [0.05, 0.1) is 36.9 Å². The highest BCUT2D eigenvalue weighted by Crippen LogP contribution is 2.46. The van der Waals surface area contributed by atoms with Gasteiger partial charge in [-0.3, -0.25) is 4.79 Å². The van der Waals surface area contributed by atoms with E-state index in [0.717, 1.165) is 23.0 Å². The first-order valence-corrected chi connectivity index (χ1v) is 11.6. The molecule has 2 aliphatic rings. The van der Waals surface area contributed by atoms with Gasteiger partial charge in [0.25, 0.3) is 5.91 Å². The molecule has 0 unspecified atom stereocenters. The lowest BCUT2D eigenvalue weighted by Crippen LogP contribution is -2.55. The van der Waals surface area contributed by atoms with Crippen LogP contribution in [0.25, 0.3) is 11.8 Å². The minimum Gasteiger partial charge on any atom is -0.495 e. The van der Waals surface area contributed by atoms with E-state index in [1.165, 1.54) is 6.07 Å². The maximum atomic E-state index is 14.0. The summed E-state index contributed by atoms with van der Waals surface area (Å²) in [5.74, 6) is -1.26. The van der Waals surface area contributed by atoms with Crippen molar-refractivity contribution in [2.45, 2.75) is 51.3 Å². The lowest BCUT2D eigenvalue weighted by molar-refractivity contribution is -0.155. The van der Waals surface area contributed by atoms with Gasteiger partial charge in [0.1, 0.15) is 11.4 Å². The van der Waals surface area contributed by atoms with Gasteiger partial charge in [-0.05, 0) is 75.1 Å². The number of morpholine rings is 1. The first kappa shape index (κ1) is 23.1. The fourth-order valence-electron chi connectivity index (χ4n) is 5.14. The summed E-state index contributed by atoms with van der Waals surface area (Å²) in [4.78, 5) is 19.6. The maximum absolute atomic E-state index is 14.0. The Morgan fingerprint density at radius 1 is 1.14 bits per heavy atom. The van der Waals surface area contributed by atoms with Crippen LogP contribution in [0.4, 0.5) is 8.78 Å². The lowest BCUT2D eigenvalue weighted by Gasteiger charge is -2.45. The minimum absolute atomic E-state index is 0.174. The number of carbonyl (C=O) groups is 1. The summed E-state index contributed by atoms with van der Waals surface area (Å²) in [6.45, 7) is 5.81. The third kappa shape index (κ3) is 4.07. The van der Waals surface area contributed by atoms with Crippen molar-refractivity contribution < 1.29 is 23.0 Å². The highest BCUT2D eigenvalue weighted by molar-refractivity contribution is 5.97. The summed E-state index contributed by atoms with van der Waals surface area (Å²) in [5, 5.41) is 0. The number of amides is 1. The van der Waals surface area contributed by atoms with Crippen LogP contribution in [0.3, 0.4) is 0 Å². The highest BCUT2D eigenvalue weighted by Gasteiger charge is 2.51. The topological polar surface area (TPSA) is 56.6 Å². The van der Waals surface area contributed by atoms with E-state index in [0.29, 0.717) is 24.2 Å². The number of imidazole rings is 1. The Kier molecular flexibility index (Phi) is 5.62. The molecule has 0 radical (unpaired) electrons. The molecule has 182 valence electrons. The molecule has 0 aliphatic carbocycles. The van der Waals surface area contributed by atoms with Crippen LogP contribution in [0.1, 0.15) is 49.6 Å². The van der Waals surface area contributed by atoms with Gasteiger partial charge < -0.3 is 18.9 Å². The van der Waals surface area contributed by atoms with E-state index in [1.54, 1.807) is 30.5 Å². The van der Waals surface area contributed by atoms with Crippen LogP contribution in [-0.4, -0.2) is 39.1 Å². The van der Waals surface area contributed by atoms with Gasteiger partial charge in [0.2, 0.25) is 0 Å². The smallest absolute Gasteiger partial charge is 0.289 e. The van der Waals surface area contributed by atoms with E-state index in [2.05, 4.69) is 4.98 Å². The quantitative estimate of drug-likeness (QED) is 0.474. The lowest BCUT2D eigenvalue weighted by atomic mass is 9.94. The van der Waals surface area contributed by atoms with E-state index in [4.69, 9.17) is 9.47 Å². The first-order chi connectivity index (χ1) is 16.7. The van der Waals surface area contributed by atoms with Crippen LogP contribution in [0.2, 0.25) is 0 Å². The fraction of sp³-hybridized carbons (Fsp3) is 0.333. The number of aromatic nitrogens is 2. The van der Waals surface area contributed by atoms with Crippen molar-refractivity contribution in [1.82, 2.24) is 14.5 Å². The molecule has 5 rings (SSSR count). The Hall–Kier alpha value is -3.68.